The van der Waals surface area contributed by atoms with Crippen molar-refractivity contribution >= 4 is 23.4 Å². The highest BCUT2D eigenvalue weighted by molar-refractivity contribution is 6.33. The molecule has 2 rings (SSSR count). The Morgan fingerprint density at radius 3 is 2.89 bits per heavy atom. The van der Waals surface area contributed by atoms with Gasteiger partial charge in [0.25, 0.3) is 0 Å². The van der Waals surface area contributed by atoms with E-state index in [1.807, 2.05) is 18.9 Å². The van der Waals surface area contributed by atoms with E-state index >= 15 is 0 Å². The molecule has 1 N–H and O–H groups in total. The van der Waals surface area contributed by atoms with Crippen molar-refractivity contribution in [1.29, 1.82) is 0 Å². The zero-order chi connectivity index (χ0) is 13.3. The number of nitrogens with zero attached hydrogens (tertiary/aromatic N) is 2. The molecule has 0 aliphatic carbocycles. The fraction of sp³-hybridized carbons (Fsp3) is 0.500. The fourth-order valence-electron chi connectivity index (χ4n) is 2.18. The molecule has 1 fully saturated rings. The molecule has 2 heterocycles. The number of carboxylic acid groups (broad SMARTS) is 1. The van der Waals surface area contributed by atoms with Gasteiger partial charge < -0.3 is 14.7 Å². The molecule has 5 nitrogen and oxygen atoms in total. The van der Waals surface area contributed by atoms with E-state index < -0.39 is 5.97 Å². The Balaban J connectivity index is 2.28. The molecule has 0 aromatic carbocycles. The molecular formula is C12H15ClN2O3. The van der Waals surface area contributed by atoms with Crippen LogP contribution in [0.3, 0.4) is 0 Å². The van der Waals surface area contributed by atoms with Gasteiger partial charge in [-0.2, -0.15) is 0 Å². The number of carbonyl (C=O) groups is 1. The maximum absolute atomic E-state index is 11.0. The number of likely N-dealkylation sites (N-methyl/N-ethyl adjacent to an activating group) is 1. The first-order chi connectivity index (χ1) is 8.50. The first-order valence-electron chi connectivity index (χ1n) is 5.75. The molecule has 0 spiro atoms. The predicted octanol–water partition coefficient (Wildman–Crippen LogP) is 2.05. The molecule has 1 aromatic heterocycles. The van der Waals surface area contributed by atoms with Crippen molar-refractivity contribution in [2.24, 2.45) is 0 Å². The Kier molecular flexibility index (Phi) is 3.73. The lowest BCUT2D eigenvalue weighted by Gasteiger charge is -2.27. The summed E-state index contributed by atoms with van der Waals surface area (Å²) in [5.41, 5.74) is -0.118. The first-order valence-corrected chi connectivity index (χ1v) is 6.12. The van der Waals surface area contributed by atoms with E-state index in [-0.39, 0.29) is 22.9 Å². The van der Waals surface area contributed by atoms with Crippen molar-refractivity contribution in [2.45, 2.75) is 25.5 Å². The molecule has 0 radical (unpaired) electrons. The van der Waals surface area contributed by atoms with Crippen molar-refractivity contribution in [1.82, 2.24) is 4.98 Å². The Morgan fingerprint density at radius 2 is 2.33 bits per heavy atom. The summed E-state index contributed by atoms with van der Waals surface area (Å²) in [6.07, 6.45) is 1.02. The van der Waals surface area contributed by atoms with Crippen LogP contribution in [-0.2, 0) is 4.74 Å². The second kappa shape index (κ2) is 5.12. The van der Waals surface area contributed by atoms with Gasteiger partial charge in [-0.1, -0.05) is 11.6 Å². The number of anilines is 1. The number of hydrogen-bond acceptors (Lipinski definition) is 4. The van der Waals surface area contributed by atoms with Crippen LogP contribution >= 0.6 is 11.6 Å². The maximum Gasteiger partial charge on any atom is 0.356 e. The van der Waals surface area contributed by atoms with E-state index in [0.717, 1.165) is 13.0 Å². The third kappa shape index (κ3) is 2.42. The molecule has 98 valence electrons. The van der Waals surface area contributed by atoms with E-state index in [4.69, 9.17) is 21.4 Å². The zero-order valence-electron chi connectivity index (χ0n) is 10.3. The van der Waals surface area contributed by atoms with Crippen molar-refractivity contribution in [3.8, 4) is 0 Å². The highest BCUT2D eigenvalue weighted by atomic mass is 35.5. The monoisotopic (exact) mass is 270 g/mol. The predicted molar refractivity (Wildman–Crippen MR) is 68.4 cm³/mol. The van der Waals surface area contributed by atoms with Gasteiger partial charge in [0, 0.05) is 13.7 Å². The van der Waals surface area contributed by atoms with Gasteiger partial charge >= 0.3 is 5.97 Å². The number of aromatic nitrogens is 1. The molecular weight excluding hydrogens is 256 g/mol. The second-order valence-corrected chi connectivity index (χ2v) is 4.76. The van der Waals surface area contributed by atoms with Crippen LogP contribution in [0.15, 0.2) is 12.1 Å². The van der Waals surface area contributed by atoms with Crippen molar-refractivity contribution < 1.29 is 14.6 Å². The van der Waals surface area contributed by atoms with Crippen LogP contribution in [0.2, 0.25) is 5.02 Å². The Hall–Kier alpha value is -1.33. The Morgan fingerprint density at radius 1 is 1.61 bits per heavy atom. The number of carboxylic acids is 1. The minimum Gasteiger partial charge on any atom is -0.476 e. The molecule has 1 aliphatic rings. The maximum atomic E-state index is 11.0. The lowest BCUT2D eigenvalue weighted by atomic mass is 10.1. The molecule has 18 heavy (non-hydrogen) atoms. The van der Waals surface area contributed by atoms with Crippen LogP contribution in [0.4, 0.5) is 5.82 Å². The van der Waals surface area contributed by atoms with E-state index in [9.17, 15) is 4.79 Å². The molecule has 2 atom stereocenters. The van der Waals surface area contributed by atoms with Gasteiger partial charge in [0.1, 0.15) is 5.82 Å². The summed E-state index contributed by atoms with van der Waals surface area (Å²) in [5, 5.41) is 9.15. The summed E-state index contributed by atoms with van der Waals surface area (Å²) in [4.78, 5) is 17.0. The number of rotatable bonds is 3. The number of ether oxygens (including phenoxy) is 1. The molecule has 1 aliphatic heterocycles. The summed E-state index contributed by atoms with van der Waals surface area (Å²) in [6, 6.07) is 3.49. The topological polar surface area (TPSA) is 62.7 Å². The molecule has 1 saturated heterocycles. The van der Waals surface area contributed by atoms with Crippen LogP contribution in [-0.4, -0.2) is 41.9 Å². The normalized spacial score (nSPS) is 23.1. The van der Waals surface area contributed by atoms with Crippen LogP contribution in [0.25, 0.3) is 0 Å². The van der Waals surface area contributed by atoms with E-state index in [1.54, 1.807) is 12.1 Å². The molecule has 0 saturated carbocycles. The van der Waals surface area contributed by atoms with E-state index in [0.29, 0.717) is 5.82 Å². The minimum atomic E-state index is -1.12. The lowest BCUT2D eigenvalue weighted by Crippen LogP contribution is -2.37. The summed E-state index contributed by atoms with van der Waals surface area (Å²) in [7, 11) is 1.89. The average Bonchev–Trinajstić information content (AvgIpc) is 2.75. The summed E-state index contributed by atoms with van der Waals surface area (Å²) >= 11 is 5.80. The van der Waals surface area contributed by atoms with Crippen LogP contribution in [0.5, 0.6) is 0 Å². The average molecular weight is 271 g/mol. The SMILES string of the molecule is CC1OCCC1N(C)c1ccc(Cl)c(C(=O)O)n1. The molecule has 6 heteroatoms. The molecule has 1 aromatic rings. The Labute approximate surface area is 110 Å². The summed E-state index contributed by atoms with van der Waals surface area (Å²) in [5.74, 6) is -0.523. The Bertz CT molecular complexity index is 467. The quantitative estimate of drug-likeness (QED) is 0.911. The summed E-state index contributed by atoms with van der Waals surface area (Å²) < 4.78 is 5.50. The van der Waals surface area contributed by atoms with Crippen LogP contribution < -0.4 is 4.90 Å². The van der Waals surface area contributed by atoms with Crippen molar-refractivity contribution in [3.63, 3.8) is 0 Å². The number of hydrogen-bond donors (Lipinski definition) is 1. The minimum absolute atomic E-state index is 0.112. The third-order valence-electron chi connectivity index (χ3n) is 3.23. The fourth-order valence-corrected chi connectivity index (χ4v) is 2.36. The third-order valence-corrected chi connectivity index (χ3v) is 3.53. The summed E-state index contributed by atoms with van der Waals surface area (Å²) in [6.45, 7) is 2.72. The van der Waals surface area contributed by atoms with Gasteiger partial charge in [-0.3, -0.25) is 0 Å². The van der Waals surface area contributed by atoms with Crippen LogP contribution in [0, 0.1) is 0 Å². The highest BCUT2D eigenvalue weighted by Gasteiger charge is 2.29. The molecule has 0 bridgehead atoms. The standard InChI is InChI=1S/C12H15ClN2O3/c1-7-9(5-6-18-7)15(2)10-4-3-8(13)11(14-10)12(16)17/h3-4,7,9H,5-6H2,1-2H3,(H,16,17). The number of pyridine rings is 1. The zero-order valence-corrected chi connectivity index (χ0v) is 11.0. The van der Waals surface area contributed by atoms with Gasteiger partial charge in [0.15, 0.2) is 5.69 Å². The molecule has 2 unspecified atom stereocenters. The van der Waals surface area contributed by atoms with E-state index in [1.165, 1.54) is 0 Å². The van der Waals surface area contributed by atoms with Crippen molar-refractivity contribution in [3.05, 3.63) is 22.8 Å². The van der Waals surface area contributed by atoms with Gasteiger partial charge in [-0.15, -0.1) is 0 Å². The van der Waals surface area contributed by atoms with Crippen molar-refractivity contribution in [2.75, 3.05) is 18.6 Å². The van der Waals surface area contributed by atoms with Gasteiger partial charge in [0.05, 0.1) is 17.2 Å². The largest absolute Gasteiger partial charge is 0.476 e. The first kappa shape index (κ1) is 13.1. The number of aromatic carboxylic acids is 1. The smallest absolute Gasteiger partial charge is 0.356 e. The van der Waals surface area contributed by atoms with Gasteiger partial charge in [0.2, 0.25) is 0 Å². The van der Waals surface area contributed by atoms with Gasteiger partial charge in [-0.25, -0.2) is 9.78 Å². The van der Waals surface area contributed by atoms with Crippen LogP contribution in [0.1, 0.15) is 23.8 Å². The number of halogens is 1. The highest BCUT2D eigenvalue weighted by Crippen LogP contribution is 2.25. The van der Waals surface area contributed by atoms with Gasteiger partial charge in [-0.05, 0) is 25.5 Å². The second-order valence-electron chi connectivity index (χ2n) is 4.35. The lowest BCUT2D eigenvalue weighted by molar-refractivity contribution is 0.0691. The van der Waals surface area contributed by atoms with E-state index in [2.05, 4.69) is 4.98 Å². The molecule has 0 amide bonds.